The maximum atomic E-state index is 12.0. The van der Waals surface area contributed by atoms with Crippen molar-refractivity contribution in [2.45, 2.75) is 26.7 Å². The molecule has 2 nitrogen and oxygen atoms in total. The maximum absolute atomic E-state index is 12.0. The first-order valence-electron chi connectivity index (χ1n) is 5.81. The summed E-state index contributed by atoms with van der Waals surface area (Å²) in [6.07, 6.45) is 2.19. The largest absolute Gasteiger partial charge is 0.352 e. The number of benzene rings is 1. The average molecular weight is 363 g/mol. The Morgan fingerprint density at radius 2 is 1.94 bits per heavy atom. The Balaban J connectivity index is 2.64. The van der Waals surface area contributed by atoms with Gasteiger partial charge in [-0.1, -0.05) is 42.6 Å². The zero-order chi connectivity index (χ0) is 12.8. The van der Waals surface area contributed by atoms with Gasteiger partial charge in [0.05, 0.1) is 5.56 Å². The van der Waals surface area contributed by atoms with Crippen LogP contribution in [0.5, 0.6) is 0 Å². The number of halogens is 2. The lowest BCUT2D eigenvalue weighted by Gasteiger charge is -2.13. The summed E-state index contributed by atoms with van der Waals surface area (Å²) in [5.74, 6) is 0.546. The Morgan fingerprint density at radius 3 is 2.47 bits per heavy atom. The van der Waals surface area contributed by atoms with Gasteiger partial charge >= 0.3 is 0 Å². The van der Waals surface area contributed by atoms with Crippen LogP contribution in [0.15, 0.2) is 27.1 Å². The first-order valence-corrected chi connectivity index (χ1v) is 7.40. The molecule has 0 radical (unpaired) electrons. The van der Waals surface area contributed by atoms with Crippen LogP contribution in [0.2, 0.25) is 0 Å². The molecule has 4 heteroatoms. The first kappa shape index (κ1) is 14.7. The SMILES string of the molecule is CCC(CC)CNC(=O)c1ccc(Br)cc1Br. The van der Waals surface area contributed by atoms with Crippen molar-refractivity contribution in [1.82, 2.24) is 5.32 Å². The summed E-state index contributed by atoms with van der Waals surface area (Å²) < 4.78 is 1.77. The summed E-state index contributed by atoms with van der Waals surface area (Å²) in [6.45, 7) is 5.04. The van der Waals surface area contributed by atoms with E-state index in [0.29, 0.717) is 11.5 Å². The summed E-state index contributed by atoms with van der Waals surface area (Å²) in [6, 6.07) is 5.57. The number of carbonyl (C=O) groups excluding carboxylic acids is 1. The minimum atomic E-state index is -0.0173. The second kappa shape index (κ2) is 7.17. The van der Waals surface area contributed by atoms with E-state index in [1.165, 1.54) is 0 Å². The number of hydrogen-bond acceptors (Lipinski definition) is 1. The molecule has 0 saturated heterocycles. The second-order valence-electron chi connectivity index (χ2n) is 4.02. The van der Waals surface area contributed by atoms with E-state index in [0.717, 1.165) is 28.3 Å². The summed E-state index contributed by atoms with van der Waals surface area (Å²) in [5, 5.41) is 2.98. The normalized spacial score (nSPS) is 10.6. The van der Waals surface area contributed by atoms with E-state index < -0.39 is 0 Å². The molecule has 0 heterocycles. The molecule has 0 atom stereocenters. The van der Waals surface area contributed by atoms with Crippen molar-refractivity contribution in [3.05, 3.63) is 32.7 Å². The van der Waals surface area contributed by atoms with Crippen LogP contribution in [-0.4, -0.2) is 12.5 Å². The predicted molar refractivity (Wildman–Crippen MR) is 78.2 cm³/mol. The van der Waals surface area contributed by atoms with Crippen LogP contribution >= 0.6 is 31.9 Å². The highest BCUT2D eigenvalue weighted by Gasteiger charge is 2.11. The second-order valence-corrected chi connectivity index (χ2v) is 5.79. The van der Waals surface area contributed by atoms with Crippen LogP contribution in [0.25, 0.3) is 0 Å². The third-order valence-corrected chi connectivity index (χ3v) is 4.03. The Morgan fingerprint density at radius 1 is 1.29 bits per heavy atom. The molecule has 0 spiro atoms. The lowest BCUT2D eigenvalue weighted by Crippen LogP contribution is -2.29. The molecular weight excluding hydrogens is 346 g/mol. The molecular formula is C13H17Br2NO. The van der Waals surface area contributed by atoms with E-state index >= 15 is 0 Å². The van der Waals surface area contributed by atoms with Gasteiger partial charge in [0.2, 0.25) is 0 Å². The van der Waals surface area contributed by atoms with Crippen molar-refractivity contribution in [3.8, 4) is 0 Å². The molecule has 0 aromatic heterocycles. The molecule has 1 amide bonds. The zero-order valence-corrected chi connectivity index (χ0v) is 13.3. The van der Waals surface area contributed by atoms with Crippen molar-refractivity contribution in [2.24, 2.45) is 5.92 Å². The summed E-state index contributed by atoms with van der Waals surface area (Å²) in [5.41, 5.74) is 0.680. The van der Waals surface area contributed by atoms with Gasteiger partial charge in [0, 0.05) is 15.5 Å². The molecule has 17 heavy (non-hydrogen) atoms. The Kier molecular flexibility index (Phi) is 6.20. The van der Waals surface area contributed by atoms with E-state index in [1.807, 2.05) is 18.2 Å². The highest BCUT2D eigenvalue weighted by atomic mass is 79.9. The van der Waals surface area contributed by atoms with Gasteiger partial charge in [0.25, 0.3) is 5.91 Å². The van der Waals surface area contributed by atoms with Gasteiger partial charge in [-0.05, 0) is 40.0 Å². The van der Waals surface area contributed by atoms with Gasteiger partial charge in [0.15, 0.2) is 0 Å². The monoisotopic (exact) mass is 361 g/mol. The number of rotatable bonds is 5. The third-order valence-electron chi connectivity index (χ3n) is 2.88. The molecule has 0 aliphatic carbocycles. The molecule has 1 aromatic carbocycles. The van der Waals surface area contributed by atoms with E-state index in [4.69, 9.17) is 0 Å². The van der Waals surface area contributed by atoms with Gasteiger partial charge in [-0.25, -0.2) is 0 Å². The van der Waals surface area contributed by atoms with Crippen LogP contribution in [0.3, 0.4) is 0 Å². The fourth-order valence-electron chi connectivity index (χ4n) is 1.58. The molecule has 0 unspecified atom stereocenters. The van der Waals surface area contributed by atoms with E-state index in [-0.39, 0.29) is 5.91 Å². The molecule has 1 aromatic rings. The molecule has 0 saturated carbocycles. The van der Waals surface area contributed by atoms with Crippen LogP contribution in [0.1, 0.15) is 37.0 Å². The number of carbonyl (C=O) groups is 1. The highest BCUT2D eigenvalue weighted by Crippen LogP contribution is 2.21. The van der Waals surface area contributed by atoms with Crippen molar-refractivity contribution >= 4 is 37.8 Å². The number of hydrogen-bond donors (Lipinski definition) is 1. The van der Waals surface area contributed by atoms with E-state index in [2.05, 4.69) is 51.0 Å². The van der Waals surface area contributed by atoms with E-state index in [1.54, 1.807) is 0 Å². The summed E-state index contributed by atoms with van der Waals surface area (Å²) in [4.78, 5) is 12.0. The van der Waals surface area contributed by atoms with Gasteiger partial charge < -0.3 is 5.32 Å². The van der Waals surface area contributed by atoms with Gasteiger partial charge in [-0.2, -0.15) is 0 Å². The molecule has 0 fully saturated rings. The fraction of sp³-hybridized carbons (Fsp3) is 0.462. The maximum Gasteiger partial charge on any atom is 0.252 e. The summed E-state index contributed by atoms with van der Waals surface area (Å²) in [7, 11) is 0. The number of nitrogens with one attached hydrogen (secondary N) is 1. The van der Waals surface area contributed by atoms with Crippen LogP contribution in [0, 0.1) is 5.92 Å². The van der Waals surface area contributed by atoms with Gasteiger partial charge in [-0.3, -0.25) is 4.79 Å². The minimum absolute atomic E-state index is 0.0173. The smallest absolute Gasteiger partial charge is 0.252 e. The Labute approximate surface area is 119 Å². The third kappa shape index (κ3) is 4.43. The topological polar surface area (TPSA) is 29.1 Å². The van der Waals surface area contributed by atoms with Crippen molar-refractivity contribution in [1.29, 1.82) is 0 Å². The molecule has 1 N–H and O–H groups in total. The summed E-state index contributed by atoms with van der Waals surface area (Å²) >= 11 is 6.77. The average Bonchev–Trinajstić information content (AvgIpc) is 2.30. The lowest BCUT2D eigenvalue weighted by molar-refractivity contribution is 0.0945. The minimum Gasteiger partial charge on any atom is -0.352 e. The predicted octanol–water partition coefficient (Wildman–Crippen LogP) is 4.38. The van der Waals surface area contributed by atoms with Gasteiger partial charge in [0.1, 0.15) is 0 Å². The molecule has 1 rings (SSSR count). The Hall–Kier alpha value is -0.350. The quantitative estimate of drug-likeness (QED) is 0.827. The van der Waals surface area contributed by atoms with Crippen LogP contribution in [0.4, 0.5) is 0 Å². The number of amides is 1. The molecule has 94 valence electrons. The van der Waals surface area contributed by atoms with Crippen molar-refractivity contribution in [2.75, 3.05) is 6.54 Å². The van der Waals surface area contributed by atoms with E-state index in [9.17, 15) is 4.79 Å². The first-order chi connectivity index (χ1) is 8.08. The van der Waals surface area contributed by atoms with Crippen LogP contribution in [-0.2, 0) is 0 Å². The Bertz CT molecular complexity index is 389. The van der Waals surface area contributed by atoms with Crippen LogP contribution < -0.4 is 5.32 Å². The highest BCUT2D eigenvalue weighted by molar-refractivity contribution is 9.11. The molecule has 0 aliphatic heterocycles. The molecule has 0 bridgehead atoms. The fourth-order valence-corrected chi connectivity index (χ4v) is 2.81. The van der Waals surface area contributed by atoms with Crippen molar-refractivity contribution < 1.29 is 4.79 Å². The standard InChI is InChI=1S/C13H17Br2NO/c1-3-9(4-2)8-16-13(17)11-6-5-10(14)7-12(11)15/h5-7,9H,3-4,8H2,1-2H3,(H,16,17). The van der Waals surface area contributed by atoms with Gasteiger partial charge in [-0.15, -0.1) is 0 Å². The lowest BCUT2D eigenvalue weighted by atomic mass is 10.0. The zero-order valence-electron chi connectivity index (χ0n) is 10.1. The molecule has 0 aliphatic rings. The van der Waals surface area contributed by atoms with Crippen molar-refractivity contribution in [3.63, 3.8) is 0 Å².